The standard InChI is InChI=1S/C34H42F2N4O3/c1-4-12-40(13-5-2)32(42)27-15-24(3)20-34(21-27,33(38)43)30(18-26-16-28(35)19-29(36)17-26)31(41)23-39(14-11-37)22-25-9-7-6-8-10-25/h6-10,15-17,19-20,30-31,41H,4-5,12-14,18,21-23H2,1-3H3,(H2,38,43)/t30-,31+,34?/m1/s1. The summed E-state index contributed by atoms with van der Waals surface area (Å²) in [6.07, 6.45) is 3.52. The van der Waals surface area contributed by atoms with E-state index in [-0.39, 0.29) is 37.4 Å². The molecular formula is C34H42F2N4O3. The van der Waals surface area contributed by atoms with E-state index < -0.39 is 35.0 Å². The van der Waals surface area contributed by atoms with E-state index in [1.54, 1.807) is 28.9 Å². The minimum absolute atomic E-state index is 0.00165. The average molecular weight is 593 g/mol. The molecule has 0 saturated carbocycles. The van der Waals surface area contributed by atoms with Gasteiger partial charge in [0.1, 0.15) is 11.6 Å². The molecule has 2 aromatic rings. The second kappa shape index (κ2) is 15.6. The van der Waals surface area contributed by atoms with Gasteiger partial charge in [-0.15, -0.1) is 0 Å². The van der Waals surface area contributed by atoms with Crippen LogP contribution in [-0.4, -0.2) is 59.0 Å². The zero-order valence-electron chi connectivity index (χ0n) is 25.2. The molecule has 2 amide bonds. The fourth-order valence-corrected chi connectivity index (χ4v) is 6.08. The number of aliphatic hydroxyl groups is 1. The lowest BCUT2D eigenvalue weighted by Gasteiger charge is -2.42. The van der Waals surface area contributed by atoms with Crippen molar-refractivity contribution in [3.8, 4) is 6.07 Å². The van der Waals surface area contributed by atoms with Crippen molar-refractivity contribution in [2.45, 2.75) is 59.1 Å². The van der Waals surface area contributed by atoms with Gasteiger partial charge in [0.05, 0.1) is 24.1 Å². The number of hydrogen-bond acceptors (Lipinski definition) is 5. The summed E-state index contributed by atoms with van der Waals surface area (Å²) < 4.78 is 28.6. The van der Waals surface area contributed by atoms with E-state index in [4.69, 9.17) is 5.73 Å². The molecule has 1 aliphatic rings. The second-order valence-corrected chi connectivity index (χ2v) is 11.4. The van der Waals surface area contributed by atoms with Crippen molar-refractivity contribution < 1.29 is 23.5 Å². The molecule has 43 heavy (non-hydrogen) atoms. The maximum Gasteiger partial charge on any atom is 0.249 e. The van der Waals surface area contributed by atoms with E-state index in [2.05, 4.69) is 6.07 Å². The molecule has 0 saturated heterocycles. The summed E-state index contributed by atoms with van der Waals surface area (Å²) in [6.45, 7) is 7.17. The largest absolute Gasteiger partial charge is 0.391 e. The lowest BCUT2D eigenvalue weighted by atomic mass is 9.63. The lowest BCUT2D eigenvalue weighted by Crippen LogP contribution is -2.52. The van der Waals surface area contributed by atoms with Gasteiger partial charge in [0.25, 0.3) is 0 Å². The van der Waals surface area contributed by atoms with Crippen LogP contribution in [0.3, 0.4) is 0 Å². The van der Waals surface area contributed by atoms with E-state index >= 15 is 0 Å². The molecular weight excluding hydrogens is 550 g/mol. The number of nitriles is 1. The van der Waals surface area contributed by atoms with Crippen molar-refractivity contribution in [3.05, 3.63) is 94.6 Å². The molecule has 0 heterocycles. The van der Waals surface area contributed by atoms with Gasteiger partial charge >= 0.3 is 0 Å². The highest BCUT2D eigenvalue weighted by Gasteiger charge is 2.49. The van der Waals surface area contributed by atoms with Crippen molar-refractivity contribution in [1.29, 1.82) is 5.26 Å². The first-order chi connectivity index (χ1) is 20.5. The smallest absolute Gasteiger partial charge is 0.249 e. The van der Waals surface area contributed by atoms with Crippen LogP contribution in [0.1, 0.15) is 51.2 Å². The predicted molar refractivity (Wildman–Crippen MR) is 162 cm³/mol. The zero-order chi connectivity index (χ0) is 31.6. The topological polar surface area (TPSA) is 111 Å². The molecule has 0 aliphatic heterocycles. The number of carbonyl (C=O) groups excluding carboxylic acids is 2. The van der Waals surface area contributed by atoms with Crippen LogP contribution >= 0.6 is 0 Å². The first-order valence-electron chi connectivity index (χ1n) is 14.8. The summed E-state index contributed by atoms with van der Waals surface area (Å²) in [4.78, 5) is 30.7. The summed E-state index contributed by atoms with van der Waals surface area (Å²) in [5.74, 6) is -3.50. The molecule has 0 fully saturated rings. The second-order valence-electron chi connectivity index (χ2n) is 11.4. The van der Waals surface area contributed by atoms with Crippen molar-refractivity contribution in [2.75, 3.05) is 26.2 Å². The van der Waals surface area contributed by atoms with Crippen molar-refractivity contribution in [2.24, 2.45) is 17.1 Å². The Morgan fingerprint density at radius 1 is 1.07 bits per heavy atom. The number of halogens is 2. The fourth-order valence-electron chi connectivity index (χ4n) is 6.08. The number of rotatable bonds is 15. The van der Waals surface area contributed by atoms with Gasteiger partial charge in [0.2, 0.25) is 11.8 Å². The number of primary amides is 1. The van der Waals surface area contributed by atoms with Crippen LogP contribution < -0.4 is 5.73 Å². The molecule has 3 rings (SSSR count). The van der Waals surface area contributed by atoms with Crippen LogP contribution in [0, 0.1) is 34.3 Å². The molecule has 0 radical (unpaired) electrons. The molecule has 1 unspecified atom stereocenters. The molecule has 3 atom stereocenters. The molecule has 1 aliphatic carbocycles. The van der Waals surface area contributed by atoms with Gasteiger partial charge in [-0.25, -0.2) is 8.78 Å². The maximum absolute atomic E-state index is 14.3. The predicted octanol–water partition coefficient (Wildman–Crippen LogP) is 4.91. The lowest BCUT2D eigenvalue weighted by molar-refractivity contribution is -0.132. The van der Waals surface area contributed by atoms with Gasteiger partial charge in [0, 0.05) is 43.7 Å². The van der Waals surface area contributed by atoms with E-state index in [9.17, 15) is 28.7 Å². The Bertz CT molecular complexity index is 1350. The van der Waals surface area contributed by atoms with Gasteiger partial charge in [-0.3, -0.25) is 14.5 Å². The molecule has 9 heteroatoms. The van der Waals surface area contributed by atoms with Crippen LogP contribution in [0.4, 0.5) is 8.78 Å². The number of hydrogen-bond donors (Lipinski definition) is 2. The highest BCUT2D eigenvalue weighted by atomic mass is 19.1. The Morgan fingerprint density at radius 2 is 1.70 bits per heavy atom. The van der Waals surface area contributed by atoms with Crippen LogP contribution in [-0.2, 0) is 22.6 Å². The van der Waals surface area contributed by atoms with Crippen LogP contribution in [0.25, 0.3) is 0 Å². The average Bonchev–Trinajstić information content (AvgIpc) is 2.95. The molecule has 2 aromatic carbocycles. The van der Waals surface area contributed by atoms with Gasteiger partial charge in [-0.1, -0.05) is 61.9 Å². The van der Waals surface area contributed by atoms with E-state index in [0.717, 1.165) is 24.5 Å². The number of nitrogens with zero attached hydrogens (tertiary/aromatic N) is 3. The Labute approximate surface area is 253 Å². The minimum atomic E-state index is -1.54. The number of carbonyl (C=O) groups is 2. The van der Waals surface area contributed by atoms with Crippen LogP contribution in [0.15, 0.2) is 71.8 Å². The van der Waals surface area contributed by atoms with E-state index in [1.807, 2.05) is 44.2 Å². The quantitative estimate of drug-likeness (QED) is 0.286. The molecule has 230 valence electrons. The highest BCUT2D eigenvalue weighted by Crippen LogP contribution is 2.44. The van der Waals surface area contributed by atoms with E-state index in [0.29, 0.717) is 30.8 Å². The number of nitrogens with two attached hydrogens (primary N) is 1. The SMILES string of the molecule is CCCN(CCC)C(=O)C1=CC(C)=CC(C(N)=O)([C@H](Cc2cc(F)cc(F)c2)[C@@H](O)CN(CC#N)Cc2ccccc2)C1. The number of benzene rings is 2. The van der Waals surface area contributed by atoms with Crippen molar-refractivity contribution in [1.82, 2.24) is 9.80 Å². The van der Waals surface area contributed by atoms with Gasteiger partial charge in [-0.2, -0.15) is 5.26 Å². The monoisotopic (exact) mass is 592 g/mol. The van der Waals surface area contributed by atoms with Gasteiger partial charge in [0.15, 0.2) is 0 Å². The molecule has 0 spiro atoms. The molecule has 0 bridgehead atoms. The fraction of sp³-hybridized carbons (Fsp3) is 0.441. The maximum atomic E-state index is 14.3. The minimum Gasteiger partial charge on any atom is -0.391 e. The third-order valence-corrected chi connectivity index (χ3v) is 7.87. The Kier molecular flexibility index (Phi) is 12.2. The van der Waals surface area contributed by atoms with Crippen molar-refractivity contribution >= 4 is 11.8 Å². The summed E-state index contributed by atoms with van der Waals surface area (Å²) in [5.41, 5.74) is 6.77. The highest BCUT2D eigenvalue weighted by molar-refractivity contribution is 5.97. The normalized spacial score (nSPS) is 17.9. The number of amides is 2. The first kappa shape index (κ1) is 33.6. The summed E-state index contributed by atoms with van der Waals surface area (Å²) in [5, 5.41) is 21.4. The molecule has 7 nitrogen and oxygen atoms in total. The Balaban J connectivity index is 2.07. The summed E-state index contributed by atoms with van der Waals surface area (Å²) in [6, 6.07) is 14.7. The number of allylic oxidation sites excluding steroid dienone is 2. The number of aliphatic hydroxyl groups excluding tert-OH is 1. The van der Waals surface area contributed by atoms with Crippen LogP contribution in [0.5, 0.6) is 0 Å². The summed E-state index contributed by atoms with van der Waals surface area (Å²) in [7, 11) is 0. The third-order valence-electron chi connectivity index (χ3n) is 7.87. The first-order valence-corrected chi connectivity index (χ1v) is 14.8. The van der Waals surface area contributed by atoms with Crippen molar-refractivity contribution in [3.63, 3.8) is 0 Å². The summed E-state index contributed by atoms with van der Waals surface area (Å²) >= 11 is 0. The van der Waals surface area contributed by atoms with Gasteiger partial charge < -0.3 is 15.7 Å². The molecule has 3 N–H and O–H groups in total. The Hall–Kier alpha value is -3.87. The third kappa shape index (κ3) is 8.82. The zero-order valence-corrected chi connectivity index (χ0v) is 25.2. The molecule has 0 aromatic heterocycles. The van der Waals surface area contributed by atoms with Gasteiger partial charge in [-0.05, 0) is 55.9 Å². The van der Waals surface area contributed by atoms with E-state index in [1.165, 1.54) is 12.1 Å². The Morgan fingerprint density at radius 3 is 2.26 bits per heavy atom. The van der Waals surface area contributed by atoms with Crippen LogP contribution in [0.2, 0.25) is 0 Å².